The van der Waals surface area contributed by atoms with Crippen molar-refractivity contribution in [3.05, 3.63) is 35.6 Å². The minimum atomic E-state index is -0.503. The first kappa shape index (κ1) is 20.1. The number of rotatable bonds is 6. The Hall–Kier alpha value is -1.60. The maximum Gasteiger partial charge on any atom is 0.243 e. The van der Waals surface area contributed by atoms with E-state index in [-0.39, 0.29) is 23.0 Å². The van der Waals surface area contributed by atoms with Gasteiger partial charge in [0.1, 0.15) is 17.2 Å². The van der Waals surface area contributed by atoms with Crippen LogP contribution in [0.25, 0.3) is 0 Å². The zero-order valence-corrected chi connectivity index (χ0v) is 16.6. The zero-order chi connectivity index (χ0) is 19.2. The molecule has 2 unspecified atom stereocenters. The molecule has 5 nitrogen and oxygen atoms in total. The third-order valence-electron chi connectivity index (χ3n) is 5.20. The first-order chi connectivity index (χ1) is 13.1. The molecule has 0 spiro atoms. The Balaban J connectivity index is 1.62. The SMILES string of the molecule is CCC(=O)N1C(C(=O)NCCN2CCCCC2)CSC1c1cccc(F)c1. The number of carbonyl (C=O) groups excluding carboxylic acids is 2. The minimum absolute atomic E-state index is 0.0783. The number of nitrogens with one attached hydrogen (secondary N) is 1. The Morgan fingerprint density at radius 2 is 2.04 bits per heavy atom. The van der Waals surface area contributed by atoms with E-state index in [1.807, 2.05) is 6.07 Å². The van der Waals surface area contributed by atoms with Crippen LogP contribution in [0, 0.1) is 5.82 Å². The van der Waals surface area contributed by atoms with E-state index in [2.05, 4.69) is 10.2 Å². The first-order valence-electron chi connectivity index (χ1n) is 9.78. The van der Waals surface area contributed by atoms with Gasteiger partial charge < -0.3 is 15.1 Å². The smallest absolute Gasteiger partial charge is 0.243 e. The number of piperidine rings is 1. The fraction of sp³-hybridized carbons (Fsp3) is 0.600. The van der Waals surface area contributed by atoms with Gasteiger partial charge in [0, 0.05) is 25.3 Å². The third-order valence-corrected chi connectivity index (χ3v) is 6.53. The molecule has 148 valence electrons. The molecule has 27 heavy (non-hydrogen) atoms. The van der Waals surface area contributed by atoms with E-state index in [0.717, 1.165) is 25.2 Å². The van der Waals surface area contributed by atoms with Crippen LogP contribution in [0.2, 0.25) is 0 Å². The molecule has 2 amide bonds. The van der Waals surface area contributed by atoms with Gasteiger partial charge >= 0.3 is 0 Å². The molecule has 0 aromatic heterocycles. The number of carbonyl (C=O) groups is 2. The van der Waals surface area contributed by atoms with Crippen molar-refractivity contribution in [1.82, 2.24) is 15.1 Å². The number of hydrogen-bond donors (Lipinski definition) is 1. The predicted molar refractivity (Wildman–Crippen MR) is 106 cm³/mol. The minimum Gasteiger partial charge on any atom is -0.353 e. The highest BCUT2D eigenvalue weighted by molar-refractivity contribution is 7.99. The molecule has 1 aromatic rings. The second-order valence-electron chi connectivity index (χ2n) is 7.10. The molecule has 0 saturated carbocycles. The monoisotopic (exact) mass is 393 g/mol. The number of nitrogens with zero attached hydrogens (tertiary/aromatic N) is 2. The molecule has 2 saturated heterocycles. The van der Waals surface area contributed by atoms with E-state index in [9.17, 15) is 14.0 Å². The molecule has 1 aromatic carbocycles. The number of hydrogen-bond acceptors (Lipinski definition) is 4. The molecular formula is C20H28FN3O2S. The van der Waals surface area contributed by atoms with Crippen LogP contribution < -0.4 is 5.32 Å². The fourth-order valence-corrected chi connectivity index (χ4v) is 5.19. The number of likely N-dealkylation sites (tertiary alicyclic amines) is 1. The highest BCUT2D eigenvalue weighted by atomic mass is 32.2. The number of amides is 2. The Labute approximate surface area is 164 Å². The summed E-state index contributed by atoms with van der Waals surface area (Å²) in [7, 11) is 0. The van der Waals surface area contributed by atoms with Gasteiger partial charge in [0.2, 0.25) is 11.8 Å². The topological polar surface area (TPSA) is 52.7 Å². The second-order valence-corrected chi connectivity index (χ2v) is 8.22. The van der Waals surface area contributed by atoms with Crippen LogP contribution in [0.15, 0.2) is 24.3 Å². The van der Waals surface area contributed by atoms with Crippen molar-refractivity contribution in [2.45, 2.75) is 44.0 Å². The largest absolute Gasteiger partial charge is 0.353 e. The second kappa shape index (κ2) is 9.55. The average Bonchev–Trinajstić information content (AvgIpc) is 3.13. The normalized spacial score (nSPS) is 23.4. The van der Waals surface area contributed by atoms with Gasteiger partial charge in [-0.15, -0.1) is 11.8 Å². The quantitative estimate of drug-likeness (QED) is 0.808. The Morgan fingerprint density at radius 1 is 1.26 bits per heavy atom. The van der Waals surface area contributed by atoms with Gasteiger partial charge in [-0.3, -0.25) is 9.59 Å². The molecule has 3 rings (SSSR count). The highest BCUT2D eigenvalue weighted by Crippen LogP contribution is 2.41. The van der Waals surface area contributed by atoms with Crippen LogP contribution in [-0.4, -0.2) is 59.6 Å². The molecule has 1 N–H and O–H groups in total. The standard InChI is InChI=1S/C20H28FN3O2S/c1-2-18(25)24-17(14-27-20(24)15-7-6-8-16(21)13-15)19(26)22-9-12-23-10-4-3-5-11-23/h6-8,13,17,20H,2-5,9-12,14H2,1H3,(H,22,26). The first-order valence-corrected chi connectivity index (χ1v) is 10.8. The van der Waals surface area contributed by atoms with Crippen molar-refractivity contribution in [1.29, 1.82) is 0 Å². The molecule has 0 aliphatic carbocycles. The molecule has 0 radical (unpaired) electrons. The van der Waals surface area contributed by atoms with E-state index in [1.165, 1.54) is 43.2 Å². The lowest BCUT2D eigenvalue weighted by Crippen LogP contribution is -2.49. The van der Waals surface area contributed by atoms with Gasteiger partial charge in [0.15, 0.2) is 0 Å². The summed E-state index contributed by atoms with van der Waals surface area (Å²) in [5, 5.41) is 2.69. The van der Waals surface area contributed by atoms with Crippen LogP contribution in [-0.2, 0) is 9.59 Å². The maximum atomic E-state index is 13.6. The Kier molecular flexibility index (Phi) is 7.13. The molecular weight excluding hydrogens is 365 g/mol. The van der Waals surface area contributed by atoms with Gasteiger partial charge in [-0.1, -0.05) is 25.5 Å². The predicted octanol–water partition coefficient (Wildman–Crippen LogP) is 2.78. The van der Waals surface area contributed by atoms with Crippen LogP contribution >= 0.6 is 11.8 Å². The third kappa shape index (κ3) is 5.02. The lowest BCUT2D eigenvalue weighted by Gasteiger charge is -2.29. The van der Waals surface area contributed by atoms with Crippen LogP contribution in [0.1, 0.15) is 43.5 Å². The van der Waals surface area contributed by atoms with Crippen molar-refractivity contribution in [2.24, 2.45) is 0 Å². The van der Waals surface area contributed by atoms with Gasteiger partial charge in [0.25, 0.3) is 0 Å². The molecule has 2 aliphatic rings. The summed E-state index contributed by atoms with van der Waals surface area (Å²) >= 11 is 1.52. The Morgan fingerprint density at radius 3 is 2.74 bits per heavy atom. The van der Waals surface area contributed by atoms with Gasteiger partial charge in [-0.05, 0) is 43.6 Å². The van der Waals surface area contributed by atoms with Crippen LogP contribution in [0.5, 0.6) is 0 Å². The van der Waals surface area contributed by atoms with E-state index in [4.69, 9.17) is 0 Å². The lowest BCUT2D eigenvalue weighted by molar-refractivity contribution is -0.139. The van der Waals surface area contributed by atoms with Crippen molar-refractivity contribution in [2.75, 3.05) is 31.9 Å². The summed E-state index contributed by atoms with van der Waals surface area (Å²) in [5.41, 5.74) is 0.727. The summed E-state index contributed by atoms with van der Waals surface area (Å²) in [6.45, 7) is 5.42. The number of benzene rings is 1. The van der Waals surface area contributed by atoms with Crippen molar-refractivity contribution in [3.8, 4) is 0 Å². The molecule has 2 atom stereocenters. The van der Waals surface area contributed by atoms with E-state index >= 15 is 0 Å². The van der Waals surface area contributed by atoms with Crippen molar-refractivity contribution in [3.63, 3.8) is 0 Å². The summed E-state index contributed by atoms with van der Waals surface area (Å²) in [5.74, 6) is 0.0136. The summed E-state index contributed by atoms with van der Waals surface area (Å²) in [4.78, 5) is 29.3. The highest BCUT2D eigenvalue weighted by Gasteiger charge is 2.41. The summed E-state index contributed by atoms with van der Waals surface area (Å²) in [6, 6.07) is 5.79. The summed E-state index contributed by atoms with van der Waals surface area (Å²) in [6.07, 6.45) is 4.06. The van der Waals surface area contributed by atoms with Gasteiger partial charge in [-0.2, -0.15) is 0 Å². The lowest BCUT2D eigenvalue weighted by atomic mass is 10.1. The van der Waals surface area contributed by atoms with Crippen molar-refractivity contribution < 1.29 is 14.0 Å². The van der Waals surface area contributed by atoms with Crippen LogP contribution in [0.4, 0.5) is 4.39 Å². The molecule has 0 bridgehead atoms. The van der Waals surface area contributed by atoms with E-state index in [0.29, 0.717) is 18.7 Å². The fourth-order valence-electron chi connectivity index (χ4n) is 3.75. The van der Waals surface area contributed by atoms with E-state index < -0.39 is 6.04 Å². The van der Waals surface area contributed by atoms with Crippen LogP contribution in [0.3, 0.4) is 0 Å². The number of thioether (sulfide) groups is 1. The molecule has 2 heterocycles. The van der Waals surface area contributed by atoms with E-state index in [1.54, 1.807) is 17.9 Å². The molecule has 2 fully saturated rings. The number of halogens is 1. The maximum absolute atomic E-state index is 13.6. The molecule has 2 aliphatic heterocycles. The van der Waals surface area contributed by atoms with Gasteiger partial charge in [-0.25, -0.2) is 4.39 Å². The average molecular weight is 394 g/mol. The molecule has 7 heteroatoms. The van der Waals surface area contributed by atoms with Gasteiger partial charge in [0.05, 0.1) is 0 Å². The van der Waals surface area contributed by atoms with Crippen molar-refractivity contribution >= 4 is 23.6 Å². The Bertz CT molecular complexity index is 666. The summed E-state index contributed by atoms with van der Waals surface area (Å²) < 4.78 is 13.6. The zero-order valence-electron chi connectivity index (χ0n) is 15.8.